The molecule has 0 aliphatic carbocycles. The van der Waals surface area contributed by atoms with Crippen LogP contribution in [0.25, 0.3) is 0 Å². The zero-order valence-electron chi connectivity index (χ0n) is 15.4. The fourth-order valence-electron chi connectivity index (χ4n) is 2.06. The summed E-state index contributed by atoms with van der Waals surface area (Å²) in [4.78, 5) is 25.8. The van der Waals surface area contributed by atoms with Crippen LogP contribution in [0.1, 0.15) is 12.8 Å². The summed E-state index contributed by atoms with van der Waals surface area (Å²) in [6.07, 6.45) is 6.71. The van der Waals surface area contributed by atoms with E-state index in [1.165, 1.54) is 0 Å². The van der Waals surface area contributed by atoms with Gasteiger partial charge in [0, 0.05) is 34.7 Å². The summed E-state index contributed by atoms with van der Waals surface area (Å²) in [5.41, 5.74) is 0. The average Bonchev–Trinajstić information content (AvgIpc) is 2.52. The average molecular weight is 335 g/mol. The van der Waals surface area contributed by atoms with Crippen molar-refractivity contribution in [2.24, 2.45) is 0 Å². The zero-order valence-corrected chi connectivity index (χ0v) is 15.4. The summed E-state index contributed by atoms with van der Waals surface area (Å²) in [5, 5.41) is 0. The lowest BCUT2D eigenvalue weighted by Gasteiger charge is -2.25. The fraction of sp³-hybridized carbons (Fsp3) is 0.588. The molecule has 1 rings (SSSR count). The Labute approximate surface area is 144 Å². The van der Waals surface area contributed by atoms with Crippen molar-refractivity contribution in [3.8, 4) is 5.88 Å². The highest BCUT2D eigenvalue weighted by Crippen LogP contribution is 2.15. The number of aromatic nitrogens is 2. The molecule has 134 valence electrons. The van der Waals surface area contributed by atoms with E-state index in [0.717, 1.165) is 18.7 Å². The summed E-state index contributed by atoms with van der Waals surface area (Å²) >= 11 is 0. The molecule has 1 heterocycles. The number of hydrogen-bond donors (Lipinski definition) is 0. The SMILES string of the molecule is C=CCC[C@H](CN(C)CC(=O)N(C)C)Oc1cncc(N(C)C)n1. The number of rotatable bonds is 10. The topological polar surface area (TPSA) is 61.8 Å². The van der Waals surface area contributed by atoms with Gasteiger partial charge in [-0.3, -0.25) is 14.7 Å². The third kappa shape index (κ3) is 6.95. The van der Waals surface area contributed by atoms with Gasteiger partial charge < -0.3 is 14.5 Å². The summed E-state index contributed by atoms with van der Waals surface area (Å²) < 4.78 is 6.01. The first-order valence-electron chi connectivity index (χ1n) is 7.99. The van der Waals surface area contributed by atoms with E-state index in [1.54, 1.807) is 31.4 Å². The molecule has 0 saturated carbocycles. The largest absolute Gasteiger partial charge is 0.472 e. The van der Waals surface area contributed by atoms with Gasteiger partial charge in [0.15, 0.2) is 5.82 Å². The van der Waals surface area contributed by atoms with E-state index in [4.69, 9.17) is 4.74 Å². The summed E-state index contributed by atoms with van der Waals surface area (Å²) in [6.45, 7) is 4.74. The van der Waals surface area contributed by atoms with Crippen molar-refractivity contribution >= 4 is 11.7 Å². The van der Waals surface area contributed by atoms with E-state index in [9.17, 15) is 4.79 Å². The molecule has 0 bridgehead atoms. The molecule has 1 aromatic rings. The molecule has 1 amide bonds. The van der Waals surface area contributed by atoms with Crippen molar-refractivity contribution in [1.82, 2.24) is 19.8 Å². The molecule has 7 heteroatoms. The van der Waals surface area contributed by atoms with Crippen molar-refractivity contribution in [1.29, 1.82) is 0 Å². The van der Waals surface area contributed by atoms with Gasteiger partial charge in [-0.05, 0) is 19.9 Å². The molecule has 0 saturated heterocycles. The van der Waals surface area contributed by atoms with Gasteiger partial charge in [-0.15, -0.1) is 6.58 Å². The van der Waals surface area contributed by atoms with Crippen LogP contribution < -0.4 is 9.64 Å². The lowest BCUT2D eigenvalue weighted by Crippen LogP contribution is -2.39. The van der Waals surface area contributed by atoms with Crippen LogP contribution in [0.15, 0.2) is 25.0 Å². The first kappa shape index (κ1) is 19.9. The first-order valence-corrected chi connectivity index (χ1v) is 7.99. The van der Waals surface area contributed by atoms with Gasteiger partial charge in [0.1, 0.15) is 6.10 Å². The fourth-order valence-corrected chi connectivity index (χ4v) is 2.06. The molecular weight excluding hydrogens is 306 g/mol. The number of allylic oxidation sites excluding steroid dienone is 1. The van der Waals surface area contributed by atoms with Crippen LogP contribution in [0.2, 0.25) is 0 Å². The van der Waals surface area contributed by atoms with Crippen LogP contribution in [-0.2, 0) is 4.79 Å². The van der Waals surface area contributed by atoms with E-state index in [0.29, 0.717) is 19.0 Å². The Hall–Kier alpha value is -2.15. The molecule has 1 aromatic heterocycles. The standard InChI is InChI=1S/C17H29N5O2/c1-7-8-9-14(12-22(6)13-17(23)21(4)5)24-16-11-18-10-15(19-16)20(2)3/h7,10-11,14H,1,8-9,12-13H2,2-6H3/t14-/m1/s1. The highest BCUT2D eigenvalue weighted by molar-refractivity contribution is 5.77. The number of anilines is 1. The smallest absolute Gasteiger partial charge is 0.236 e. The number of likely N-dealkylation sites (N-methyl/N-ethyl adjacent to an activating group) is 2. The van der Waals surface area contributed by atoms with Gasteiger partial charge in [0.05, 0.1) is 18.9 Å². The molecule has 7 nitrogen and oxygen atoms in total. The van der Waals surface area contributed by atoms with E-state index < -0.39 is 0 Å². The van der Waals surface area contributed by atoms with Gasteiger partial charge in [0.25, 0.3) is 0 Å². The predicted octanol–water partition coefficient (Wildman–Crippen LogP) is 1.28. The third-order valence-corrected chi connectivity index (χ3v) is 3.46. The number of amides is 1. The maximum atomic E-state index is 11.8. The maximum absolute atomic E-state index is 11.8. The van der Waals surface area contributed by atoms with Crippen LogP contribution in [0.5, 0.6) is 5.88 Å². The second-order valence-electron chi connectivity index (χ2n) is 6.20. The van der Waals surface area contributed by atoms with Crippen molar-refractivity contribution < 1.29 is 9.53 Å². The van der Waals surface area contributed by atoms with Gasteiger partial charge in [0.2, 0.25) is 11.8 Å². The molecular formula is C17H29N5O2. The molecule has 0 radical (unpaired) electrons. The quantitative estimate of drug-likeness (QED) is 0.600. The van der Waals surface area contributed by atoms with Gasteiger partial charge in [-0.2, -0.15) is 4.98 Å². The van der Waals surface area contributed by atoms with E-state index in [2.05, 4.69) is 16.5 Å². The van der Waals surface area contributed by atoms with Crippen molar-refractivity contribution in [3.63, 3.8) is 0 Å². The minimum atomic E-state index is -0.0883. The van der Waals surface area contributed by atoms with Crippen LogP contribution in [0.3, 0.4) is 0 Å². The second kappa shape index (κ2) is 9.87. The Morgan fingerprint density at radius 3 is 2.58 bits per heavy atom. The van der Waals surface area contributed by atoms with Crippen LogP contribution in [-0.4, -0.2) is 80.1 Å². The maximum Gasteiger partial charge on any atom is 0.236 e. The van der Waals surface area contributed by atoms with E-state index >= 15 is 0 Å². The molecule has 0 unspecified atom stereocenters. The second-order valence-corrected chi connectivity index (χ2v) is 6.20. The highest BCUT2D eigenvalue weighted by atomic mass is 16.5. The minimum absolute atomic E-state index is 0.0642. The Balaban J connectivity index is 2.72. The van der Waals surface area contributed by atoms with Crippen molar-refractivity contribution in [3.05, 3.63) is 25.0 Å². The van der Waals surface area contributed by atoms with Crippen LogP contribution >= 0.6 is 0 Å². The molecule has 0 aliphatic heterocycles. The number of hydrogen-bond acceptors (Lipinski definition) is 6. The Morgan fingerprint density at radius 2 is 2.00 bits per heavy atom. The monoisotopic (exact) mass is 335 g/mol. The Morgan fingerprint density at radius 1 is 1.29 bits per heavy atom. The van der Waals surface area contributed by atoms with E-state index in [1.807, 2.05) is 37.0 Å². The van der Waals surface area contributed by atoms with Gasteiger partial charge in [-0.25, -0.2) is 0 Å². The number of nitrogens with zero attached hydrogens (tertiary/aromatic N) is 5. The van der Waals surface area contributed by atoms with Crippen molar-refractivity contribution in [2.75, 3.05) is 53.2 Å². The lowest BCUT2D eigenvalue weighted by molar-refractivity contribution is -0.129. The van der Waals surface area contributed by atoms with Gasteiger partial charge in [-0.1, -0.05) is 6.08 Å². The third-order valence-electron chi connectivity index (χ3n) is 3.46. The molecule has 0 N–H and O–H groups in total. The highest BCUT2D eigenvalue weighted by Gasteiger charge is 2.17. The molecule has 0 aromatic carbocycles. The molecule has 1 atom stereocenters. The van der Waals surface area contributed by atoms with Crippen LogP contribution in [0, 0.1) is 0 Å². The summed E-state index contributed by atoms with van der Waals surface area (Å²) in [7, 11) is 9.23. The Bertz CT molecular complexity index is 533. The van der Waals surface area contributed by atoms with Crippen molar-refractivity contribution in [2.45, 2.75) is 18.9 Å². The first-order chi connectivity index (χ1) is 11.3. The number of ether oxygens (including phenoxy) is 1. The normalized spacial score (nSPS) is 11.9. The Kier molecular flexibility index (Phi) is 8.18. The van der Waals surface area contributed by atoms with Gasteiger partial charge >= 0.3 is 0 Å². The molecule has 0 fully saturated rings. The number of carbonyl (C=O) groups excluding carboxylic acids is 1. The van der Waals surface area contributed by atoms with E-state index in [-0.39, 0.29) is 12.0 Å². The predicted molar refractivity (Wildman–Crippen MR) is 96.4 cm³/mol. The lowest BCUT2D eigenvalue weighted by atomic mass is 10.2. The zero-order chi connectivity index (χ0) is 18.1. The summed E-state index contributed by atoms with van der Waals surface area (Å²) in [5.74, 6) is 1.29. The molecule has 0 spiro atoms. The molecule has 24 heavy (non-hydrogen) atoms. The minimum Gasteiger partial charge on any atom is -0.472 e. The van der Waals surface area contributed by atoms with Crippen LogP contribution in [0.4, 0.5) is 5.82 Å². The molecule has 0 aliphatic rings. The number of carbonyl (C=O) groups is 1. The summed E-state index contributed by atoms with van der Waals surface area (Å²) in [6, 6.07) is 0.